The molecule has 1 unspecified atom stereocenters. The molecule has 2 atom stereocenters. The third-order valence-electron chi connectivity index (χ3n) is 0.641. The predicted molar refractivity (Wildman–Crippen MR) is 28.9 cm³/mol. The van der Waals surface area contributed by atoms with E-state index in [2.05, 4.69) is 4.52 Å². The molecule has 8 heteroatoms. The maximum atomic E-state index is 9.82. The van der Waals surface area contributed by atoms with Crippen LogP contribution in [0.15, 0.2) is 0 Å². The Morgan fingerprint density at radius 2 is 2.09 bits per heavy atom. The Labute approximate surface area is 75.6 Å². The van der Waals surface area contributed by atoms with Gasteiger partial charge in [-0.1, -0.05) is 0 Å². The molecule has 0 saturated heterocycles. The molecule has 0 aromatic heterocycles. The molecule has 0 heterocycles. The van der Waals surface area contributed by atoms with Crippen molar-refractivity contribution in [2.75, 3.05) is 13.2 Å². The maximum absolute atomic E-state index is 9.82. The van der Waals surface area contributed by atoms with Gasteiger partial charge in [0.15, 0.2) is 0 Å². The summed E-state index contributed by atoms with van der Waals surface area (Å²) < 4.78 is 13.5. The SMILES string of the molecule is O=P([O-])(O)OC[C@H](O)CO.[Li+]. The summed E-state index contributed by atoms with van der Waals surface area (Å²) in [5, 5.41) is 16.6. The quantitative estimate of drug-likeness (QED) is 0.293. The van der Waals surface area contributed by atoms with Crippen molar-refractivity contribution >= 4 is 7.82 Å². The van der Waals surface area contributed by atoms with E-state index in [-0.39, 0.29) is 18.9 Å². The van der Waals surface area contributed by atoms with Crippen LogP contribution in [-0.4, -0.2) is 34.4 Å². The molecule has 0 fully saturated rings. The van der Waals surface area contributed by atoms with E-state index in [1.54, 1.807) is 0 Å². The molecule has 0 saturated carbocycles. The van der Waals surface area contributed by atoms with Crippen molar-refractivity contribution in [3.8, 4) is 0 Å². The van der Waals surface area contributed by atoms with Gasteiger partial charge in [-0.3, -0.25) is 4.57 Å². The molecule has 0 aromatic carbocycles. The fourth-order valence-corrected chi connectivity index (χ4v) is 0.593. The number of phosphoric acid groups is 1. The van der Waals surface area contributed by atoms with E-state index >= 15 is 0 Å². The zero-order valence-electron chi connectivity index (χ0n) is 6.01. The molecule has 0 rings (SSSR count). The number of phosphoric ester groups is 1. The minimum absolute atomic E-state index is 0. The van der Waals surface area contributed by atoms with Gasteiger partial charge in [-0.2, -0.15) is 0 Å². The summed E-state index contributed by atoms with van der Waals surface area (Å²) in [6.07, 6.45) is -1.28. The molecule has 0 bridgehead atoms. The van der Waals surface area contributed by atoms with E-state index in [0.717, 1.165) is 0 Å². The topological polar surface area (TPSA) is 110 Å². The van der Waals surface area contributed by atoms with Gasteiger partial charge in [0.05, 0.1) is 13.2 Å². The molecule has 0 spiro atoms. The van der Waals surface area contributed by atoms with Crippen LogP contribution < -0.4 is 23.8 Å². The zero-order chi connectivity index (χ0) is 8.20. The zero-order valence-corrected chi connectivity index (χ0v) is 6.90. The van der Waals surface area contributed by atoms with Gasteiger partial charge < -0.3 is 24.5 Å². The van der Waals surface area contributed by atoms with E-state index in [4.69, 9.17) is 15.1 Å². The van der Waals surface area contributed by atoms with E-state index in [0.29, 0.717) is 0 Å². The fraction of sp³-hybridized carbons (Fsp3) is 1.00. The second-order valence-corrected chi connectivity index (χ2v) is 2.80. The van der Waals surface area contributed by atoms with Gasteiger partial charge in [0, 0.05) is 0 Å². The minimum Gasteiger partial charge on any atom is -0.756 e. The second-order valence-electron chi connectivity index (χ2n) is 1.60. The largest absolute Gasteiger partial charge is 1.00 e. The standard InChI is InChI=1S/C3H9O6P.Li/c4-1-3(5)2-9-10(6,7)8;/h3-5H,1-2H2,(H2,6,7,8);/q;+1/p-1/t3-;/m1./s1. The Kier molecular flexibility index (Phi) is 7.96. The summed E-state index contributed by atoms with van der Waals surface area (Å²) in [5.41, 5.74) is 0. The van der Waals surface area contributed by atoms with Crippen LogP contribution >= 0.6 is 7.82 Å². The number of hydrogen-bond donors (Lipinski definition) is 3. The first-order valence-corrected chi connectivity index (χ1v) is 3.92. The first kappa shape index (κ1) is 14.2. The van der Waals surface area contributed by atoms with Gasteiger partial charge in [0.2, 0.25) is 0 Å². The molecular formula is C3H8LiO6P. The number of rotatable bonds is 4. The molecule has 0 aliphatic heterocycles. The Hall–Kier alpha value is 0.627. The van der Waals surface area contributed by atoms with Crippen LogP contribution in [0.1, 0.15) is 0 Å². The Morgan fingerprint density at radius 3 is 2.36 bits per heavy atom. The van der Waals surface area contributed by atoms with Gasteiger partial charge in [0.1, 0.15) is 6.10 Å². The second kappa shape index (κ2) is 6.18. The Balaban J connectivity index is 0. The molecule has 3 N–H and O–H groups in total. The van der Waals surface area contributed by atoms with Crippen LogP contribution in [0.25, 0.3) is 0 Å². The first-order chi connectivity index (χ1) is 4.45. The Morgan fingerprint density at radius 1 is 1.64 bits per heavy atom. The van der Waals surface area contributed by atoms with Gasteiger partial charge in [0.25, 0.3) is 7.82 Å². The van der Waals surface area contributed by atoms with Crippen molar-refractivity contribution in [2.24, 2.45) is 0 Å². The number of aliphatic hydroxyl groups is 2. The van der Waals surface area contributed by atoms with Crippen LogP contribution in [0.3, 0.4) is 0 Å². The average Bonchev–Trinajstić information content (AvgIpc) is 1.81. The van der Waals surface area contributed by atoms with Gasteiger partial charge >= 0.3 is 18.9 Å². The van der Waals surface area contributed by atoms with Crippen molar-refractivity contribution in [3.63, 3.8) is 0 Å². The van der Waals surface area contributed by atoms with Crippen molar-refractivity contribution in [1.82, 2.24) is 0 Å². The smallest absolute Gasteiger partial charge is 0.756 e. The molecule has 62 valence electrons. The van der Waals surface area contributed by atoms with E-state index < -0.39 is 27.1 Å². The monoisotopic (exact) mass is 178 g/mol. The maximum Gasteiger partial charge on any atom is 1.00 e. The van der Waals surface area contributed by atoms with Crippen molar-refractivity contribution in [1.29, 1.82) is 0 Å². The van der Waals surface area contributed by atoms with Crippen molar-refractivity contribution in [2.45, 2.75) is 6.10 Å². The van der Waals surface area contributed by atoms with Gasteiger partial charge in [-0.05, 0) is 0 Å². The van der Waals surface area contributed by atoms with Crippen molar-refractivity contribution < 1.29 is 47.9 Å². The van der Waals surface area contributed by atoms with Crippen LogP contribution in [0.5, 0.6) is 0 Å². The molecular weight excluding hydrogens is 170 g/mol. The molecule has 0 amide bonds. The summed E-state index contributed by atoms with van der Waals surface area (Å²) in [6.45, 7) is -1.24. The average molecular weight is 178 g/mol. The van der Waals surface area contributed by atoms with Crippen LogP contribution in [0.4, 0.5) is 0 Å². The molecule has 0 aromatic rings. The molecule has 0 aliphatic carbocycles. The van der Waals surface area contributed by atoms with E-state index in [9.17, 15) is 9.46 Å². The summed E-state index contributed by atoms with van der Waals surface area (Å²) in [5.74, 6) is 0. The normalized spacial score (nSPS) is 18.2. The molecule has 6 nitrogen and oxygen atoms in total. The predicted octanol–water partition coefficient (Wildman–Crippen LogP) is -5.18. The molecule has 0 aliphatic rings. The third kappa shape index (κ3) is 10.6. The van der Waals surface area contributed by atoms with Gasteiger partial charge in [-0.15, -0.1) is 0 Å². The summed E-state index contributed by atoms with van der Waals surface area (Å²) >= 11 is 0. The first-order valence-electron chi connectivity index (χ1n) is 2.43. The summed E-state index contributed by atoms with van der Waals surface area (Å²) in [7, 11) is -4.75. The number of aliphatic hydroxyl groups excluding tert-OH is 2. The molecule has 11 heavy (non-hydrogen) atoms. The number of hydrogen-bond acceptors (Lipinski definition) is 5. The van der Waals surface area contributed by atoms with Crippen LogP contribution in [-0.2, 0) is 9.09 Å². The minimum atomic E-state index is -4.75. The van der Waals surface area contributed by atoms with E-state index in [1.165, 1.54) is 0 Å². The fourth-order valence-electron chi connectivity index (χ4n) is 0.233. The summed E-state index contributed by atoms with van der Waals surface area (Å²) in [6, 6.07) is 0. The van der Waals surface area contributed by atoms with Crippen LogP contribution in [0.2, 0.25) is 0 Å². The van der Waals surface area contributed by atoms with Crippen molar-refractivity contribution in [3.05, 3.63) is 0 Å². The third-order valence-corrected chi connectivity index (χ3v) is 1.12. The Bertz CT molecular complexity index is 134. The van der Waals surface area contributed by atoms with Crippen LogP contribution in [0, 0.1) is 0 Å². The molecule has 0 radical (unpaired) electrons. The van der Waals surface area contributed by atoms with Gasteiger partial charge in [-0.25, -0.2) is 0 Å². The van der Waals surface area contributed by atoms with E-state index in [1.807, 2.05) is 0 Å². The summed E-state index contributed by atoms with van der Waals surface area (Å²) in [4.78, 5) is 17.8.